The lowest BCUT2D eigenvalue weighted by atomic mass is 10.1. The second kappa shape index (κ2) is 3.12. The molecule has 2 rings (SSSR count). The van der Waals surface area contributed by atoms with Crippen molar-refractivity contribution in [2.75, 3.05) is 5.32 Å². The molecule has 1 aromatic rings. The highest BCUT2D eigenvalue weighted by Gasteiger charge is 2.44. The summed E-state index contributed by atoms with van der Waals surface area (Å²) in [6, 6.07) is 7.87. The minimum Gasteiger partial charge on any atom is -0.325 e. The topological polar surface area (TPSA) is 29.1 Å². The van der Waals surface area contributed by atoms with Crippen LogP contribution in [0.5, 0.6) is 0 Å². The minimum atomic E-state index is -0.0950. The van der Waals surface area contributed by atoms with Gasteiger partial charge in [0.1, 0.15) is 0 Å². The smallest absolute Gasteiger partial charge is 0.230 e. The first-order valence-electron chi connectivity index (χ1n) is 4.99. The van der Waals surface area contributed by atoms with Gasteiger partial charge in [-0.25, -0.2) is 0 Å². The van der Waals surface area contributed by atoms with Crippen molar-refractivity contribution in [3.05, 3.63) is 29.8 Å². The summed E-state index contributed by atoms with van der Waals surface area (Å²) in [5, 5.41) is 2.97. The molecule has 1 aliphatic rings. The van der Waals surface area contributed by atoms with Crippen LogP contribution in [0.15, 0.2) is 24.3 Å². The van der Waals surface area contributed by atoms with Gasteiger partial charge in [0.2, 0.25) is 5.91 Å². The number of rotatable bonds is 2. The number of nitrogens with one attached hydrogen (secondary N) is 1. The molecule has 0 radical (unpaired) electrons. The molecule has 2 nitrogen and oxygen atoms in total. The van der Waals surface area contributed by atoms with E-state index < -0.39 is 0 Å². The van der Waals surface area contributed by atoms with Crippen LogP contribution < -0.4 is 5.32 Å². The van der Waals surface area contributed by atoms with Crippen LogP contribution in [-0.4, -0.2) is 5.91 Å². The number of hydrogen-bond donors (Lipinski definition) is 1. The van der Waals surface area contributed by atoms with E-state index in [-0.39, 0.29) is 11.3 Å². The number of amides is 1. The van der Waals surface area contributed by atoms with Crippen molar-refractivity contribution in [3.8, 4) is 0 Å². The van der Waals surface area contributed by atoms with Crippen molar-refractivity contribution < 1.29 is 4.79 Å². The normalized spacial score (nSPS) is 17.6. The van der Waals surface area contributed by atoms with Crippen LogP contribution >= 0.6 is 0 Å². The van der Waals surface area contributed by atoms with Crippen LogP contribution in [0.3, 0.4) is 0 Å². The lowest BCUT2D eigenvalue weighted by molar-refractivity contribution is -0.120. The zero-order valence-corrected chi connectivity index (χ0v) is 8.63. The number of para-hydroxylation sites is 1. The standard InChI is InChI=1S/C12H15NO/c1-9-5-3-4-6-10(9)13-11(14)12(2)7-8-12/h3-6H,7-8H2,1-2H3,(H,13,14). The van der Waals surface area contributed by atoms with Gasteiger partial charge < -0.3 is 5.32 Å². The Labute approximate surface area is 84.3 Å². The van der Waals surface area contributed by atoms with Gasteiger partial charge in [-0.1, -0.05) is 25.1 Å². The second-order valence-corrected chi connectivity index (χ2v) is 4.33. The summed E-state index contributed by atoms with van der Waals surface area (Å²) >= 11 is 0. The number of carbonyl (C=O) groups is 1. The predicted octanol–water partition coefficient (Wildman–Crippen LogP) is 2.73. The number of benzene rings is 1. The lowest BCUT2D eigenvalue weighted by Gasteiger charge is -2.11. The Morgan fingerprint density at radius 3 is 2.57 bits per heavy atom. The Balaban J connectivity index is 2.11. The molecule has 0 aromatic heterocycles. The average molecular weight is 189 g/mol. The average Bonchev–Trinajstić information content (AvgIpc) is 2.89. The first-order valence-corrected chi connectivity index (χ1v) is 4.99. The zero-order valence-electron chi connectivity index (χ0n) is 8.63. The summed E-state index contributed by atoms with van der Waals surface area (Å²) in [6.07, 6.45) is 2.04. The fourth-order valence-electron chi connectivity index (χ4n) is 1.40. The highest BCUT2D eigenvalue weighted by atomic mass is 16.2. The third-order valence-corrected chi connectivity index (χ3v) is 2.94. The molecule has 14 heavy (non-hydrogen) atoms. The van der Waals surface area contributed by atoms with Gasteiger partial charge >= 0.3 is 0 Å². The Morgan fingerprint density at radius 1 is 1.36 bits per heavy atom. The summed E-state index contributed by atoms with van der Waals surface area (Å²) in [5.74, 6) is 0.159. The first kappa shape index (κ1) is 9.25. The molecule has 0 spiro atoms. The quantitative estimate of drug-likeness (QED) is 0.761. The van der Waals surface area contributed by atoms with E-state index in [9.17, 15) is 4.79 Å². The van der Waals surface area contributed by atoms with E-state index in [0.29, 0.717) is 0 Å². The Kier molecular flexibility index (Phi) is 2.06. The third-order valence-electron chi connectivity index (χ3n) is 2.94. The summed E-state index contributed by atoms with van der Waals surface area (Å²) in [6.45, 7) is 4.02. The molecule has 0 bridgehead atoms. The van der Waals surface area contributed by atoms with Gasteiger partial charge in [-0.2, -0.15) is 0 Å². The van der Waals surface area contributed by atoms with Gasteiger partial charge in [-0.3, -0.25) is 4.79 Å². The molecular formula is C12H15NO. The van der Waals surface area contributed by atoms with Crippen LogP contribution in [0.4, 0.5) is 5.69 Å². The van der Waals surface area contributed by atoms with Crippen molar-refractivity contribution in [1.29, 1.82) is 0 Å². The van der Waals surface area contributed by atoms with Gasteiger partial charge in [0.05, 0.1) is 0 Å². The maximum atomic E-state index is 11.7. The Bertz CT molecular complexity index is 366. The molecule has 0 aliphatic heterocycles. The van der Waals surface area contributed by atoms with Crippen molar-refractivity contribution in [2.24, 2.45) is 5.41 Å². The molecule has 0 unspecified atom stereocenters. The molecule has 1 N–H and O–H groups in total. The molecule has 1 fully saturated rings. The van der Waals surface area contributed by atoms with Crippen molar-refractivity contribution in [2.45, 2.75) is 26.7 Å². The van der Waals surface area contributed by atoms with E-state index in [1.807, 2.05) is 38.1 Å². The highest BCUT2D eigenvalue weighted by molar-refractivity contribution is 5.97. The second-order valence-electron chi connectivity index (χ2n) is 4.33. The van der Waals surface area contributed by atoms with Crippen LogP contribution in [0, 0.1) is 12.3 Å². The molecule has 2 heteroatoms. The van der Waals surface area contributed by atoms with Crippen LogP contribution in [0.2, 0.25) is 0 Å². The van der Waals surface area contributed by atoms with Crippen LogP contribution in [0.25, 0.3) is 0 Å². The molecular weight excluding hydrogens is 174 g/mol. The van der Waals surface area contributed by atoms with Crippen LogP contribution in [0.1, 0.15) is 25.3 Å². The highest BCUT2D eigenvalue weighted by Crippen LogP contribution is 2.45. The monoisotopic (exact) mass is 189 g/mol. The third kappa shape index (κ3) is 1.65. The van der Waals surface area contributed by atoms with Gasteiger partial charge in [0.15, 0.2) is 0 Å². The van der Waals surface area contributed by atoms with Gasteiger partial charge in [0.25, 0.3) is 0 Å². The molecule has 1 amide bonds. The zero-order chi connectivity index (χ0) is 10.2. The van der Waals surface area contributed by atoms with E-state index in [2.05, 4.69) is 5.32 Å². The number of hydrogen-bond acceptors (Lipinski definition) is 1. The van der Waals surface area contributed by atoms with Crippen molar-refractivity contribution in [1.82, 2.24) is 0 Å². The number of anilines is 1. The molecule has 0 saturated heterocycles. The SMILES string of the molecule is Cc1ccccc1NC(=O)C1(C)CC1. The predicted molar refractivity (Wildman–Crippen MR) is 57.1 cm³/mol. The van der Waals surface area contributed by atoms with E-state index >= 15 is 0 Å². The van der Waals surface area contributed by atoms with Crippen LogP contribution in [-0.2, 0) is 4.79 Å². The number of aryl methyl sites for hydroxylation is 1. The van der Waals surface area contributed by atoms with Crippen molar-refractivity contribution >= 4 is 11.6 Å². The molecule has 1 aromatic carbocycles. The van der Waals surface area contributed by atoms with Gasteiger partial charge in [-0.05, 0) is 31.4 Å². The fourth-order valence-corrected chi connectivity index (χ4v) is 1.40. The molecule has 0 heterocycles. The maximum Gasteiger partial charge on any atom is 0.230 e. The first-order chi connectivity index (χ1) is 6.62. The minimum absolute atomic E-state index is 0.0950. The molecule has 1 saturated carbocycles. The maximum absolute atomic E-state index is 11.7. The van der Waals surface area contributed by atoms with E-state index in [0.717, 1.165) is 24.1 Å². The lowest BCUT2D eigenvalue weighted by Crippen LogP contribution is -2.21. The summed E-state index contributed by atoms with van der Waals surface area (Å²) in [7, 11) is 0. The largest absolute Gasteiger partial charge is 0.325 e. The summed E-state index contributed by atoms with van der Waals surface area (Å²) in [5.41, 5.74) is 1.96. The molecule has 0 atom stereocenters. The van der Waals surface area contributed by atoms with E-state index in [1.54, 1.807) is 0 Å². The number of carbonyl (C=O) groups excluding carboxylic acids is 1. The van der Waals surface area contributed by atoms with Gasteiger partial charge in [-0.15, -0.1) is 0 Å². The van der Waals surface area contributed by atoms with Gasteiger partial charge in [0, 0.05) is 11.1 Å². The molecule has 1 aliphatic carbocycles. The summed E-state index contributed by atoms with van der Waals surface area (Å²) < 4.78 is 0. The Morgan fingerprint density at radius 2 is 2.00 bits per heavy atom. The Hall–Kier alpha value is -1.31. The van der Waals surface area contributed by atoms with E-state index in [4.69, 9.17) is 0 Å². The fraction of sp³-hybridized carbons (Fsp3) is 0.417. The van der Waals surface area contributed by atoms with E-state index in [1.165, 1.54) is 0 Å². The summed E-state index contributed by atoms with van der Waals surface area (Å²) in [4.78, 5) is 11.7. The van der Waals surface area contributed by atoms with Crippen molar-refractivity contribution in [3.63, 3.8) is 0 Å². The molecule has 74 valence electrons.